The Morgan fingerprint density at radius 1 is 1.21 bits per heavy atom. The standard InChI is InChI=1S/C18H20N2O4/c1-3-24-18(21)16(12-14-10-8-13(2)9-11-14)19-15-6-4-5-7-17(15)20(22)23/h4-11,16,19H,3,12H2,1-2H3. The number of para-hydroxylation sites is 2. The van der Waals surface area contributed by atoms with Gasteiger partial charge in [-0.2, -0.15) is 0 Å². The zero-order chi connectivity index (χ0) is 17.5. The van der Waals surface area contributed by atoms with Crippen LogP contribution in [0.3, 0.4) is 0 Å². The molecule has 0 spiro atoms. The van der Waals surface area contributed by atoms with Crippen LogP contribution in [0.4, 0.5) is 11.4 Å². The van der Waals surface area contributed by atoms with E-state index in [9.17, 15) is 14.9 Å². The summed E-state index contributed by atoms with van der Waals surface area (Å²) in [5, 5.41) is 14.1. The van der Waals surface area contributed by atoms with E-state index in [1.807, 2.05) is 31.2 Å². The van der Waals surface area contributed by atoms with Gasteiger partial charge in [-0.05, 0) is 25.5 Å². The molecule has 0 bridgehead atoms. The Bertz CT molecular complexity index is 713. The molecule has 6 heteroatoms. The fourth-order valence-corrected chi connectivity index (χ4v) is 2.34. The van der Waals surface area contributed by atoms with Crippen LogP contribution in [-0.4, -0.2) is 23.5 Å². The van der Waals surface area contributed by atoms with Gasteiger partial charge in [-0.3, -0.25) is 10.1 Å². The highest BCUT2D eigenvalue weighted by Gasteiger charge is 2.23. The molecule has 1 N–H and O–H groups in total. The van der Waals surface area contributed by atoms with E-state index in [1.54, 1.807) is 25.1 Å². The number of esters is 1. The number of nitro groups is 1. The van der Waals surface area contributed by atoms with E-state index in [1.165, 1.54) is 6.07 Å². The predicted molar refractivity (Wildman–Crippen MR) is 92.0 cm³/mol. The van der Waals surface area contributed by atoms with Crippen molar-refractivity contribution in [2.24, 2.45) is 0 Å². The van der Waals surface area contributed by atoms with Crippen molar-refractivity contribution < 1.29 is 14.5 Å². The van der Waals surface area contributed by atoms with Crippen LogP contribution in [-0.2, 0) is 16.0 Å². The summed E-state index contributed by atoms with van der Waals surface area (Å²) in [5.74, 6) is -0.434. The molecule has 0 amide bonds. The largest absolute Gasteiger partial charge is 0.464 e. The van der Waals surface area contributed by atoms with Gasteiger partial charge >= 0.3 is 5.97 Å². The van der Waals surface area contributed by atoms with Gasteiger partial charge in [-0.25, -0.2) is 4.79 Å². The van der Waals surface area contributed by atoms with E-state index in [0.717, 1.165) is 11.1 Å². The molecule has 2 aromatic carbocycles. The van der Waals surface area contributed by atoms with Crippen molar-refractivity contribution in [2.45, 2.75) is 26.3 Å². The third kappa shape index (κ3) is 4.55. The second-order valence-corrected chi connectivity index (χ2v) is 5.41. The lowest BCUT2D eigenvalue weighted by Crippen LogP contribution is -2.33. The van der Waals surface area contributed by atoms with Crippen LogP contribution in [0.2, 0.25) is 0 Å². The van der Waals surface area contributed by atoms with Crippen molar-refractivity contribution in [1.29, 1.82) is 0 Å². The average Bonchev–Trinajstić information content (AvgIpc) is 2.56. The fourth-order valence-electron chi connectivity index (χ4n) is 2.34. The lowest BCUT2D eigenvalue weighted by atomic mass is 10.0. The average molecular weight is 328 g/mol. The minimum atomic E-state index is -0.700. The summed E-state index contributed by atoms with van der Waals surface area (Å²) in [6, 6.07) is 13.3. The summed E-state index contributed by atoms with van der Waals surface area (Å²) in [6.07, 6.45) is 0.380. The first-order valence-corrected chi connectivity index (χ1v) is 7.73. The molecule has 2 aromatic rings. The monoisotopic (exact) mass is 328 g/mol. The summed E-state index contributed by atoms with van der Waals surface area (Å²) in [6.45, 7) is 3.96. The van der Waals surface area contributed by atoms with Crippen molar-refractivity contribution in [1.82, 2.24) is 0 Å². The van der Waals surface area contributed by atoms with Gasteiger partial charge in [0.15, 0.2) is 0 Å². The smallest absolute Gasteiger partial charge is 0.328 e. The molecular weight excluding hydrogens is 308 g/mol. The zero-order valence-corrected chi connectivity index (χ0v) is 13.7. The van der Waals surface area contributed by atoms with Crippen molar-refractivity contribution in [3.8, 4) is 0 Å². The van der Waals surface area contributed by atoms with E-state index in [0.29, 0.717) is 12.1 Å². The first kappa shape index (κ1) is 17.5. The summed E-state index contributed by atoms with van der Waals surface area (Å²) in [5.41, 5.74) is 2.30. The molecule has 0 heterocycles. The molecule has 0 aliphatic heterocycles. The van der Waals surface area contributed by atoms with E-state index in [4.69, 9.17) is 4.74 Å². The molecule has 24 heavy (non-hydrogen) atoms. The van der Waals surface area contributed by atoms with Gasteiger partial charge in [0.05, 0.1) is 11.5 Å². The first-order chi connectivity index (χ1) is 11.5. The van der Waals surface area contributed by atoms with E-state index in [2.05, 4.69) is 5.32 Å². The molecule has 2 rings (SSSR count). The minimum Gasteiger partial charge on any atom is -0.464 e. The molecular formula is C18H20N2O4. The molecule has 0 aromatic heterocycles. The van der Waals surface area contributed by atoms with Gasteiger partial charge in [-0.15, -0.1) is 0 Å². The Labute approximate surface area is 140 Å². The fraction of sp³-hybridized carbons (Fsp3) is 0.278. The highest BCUT2D eigenvalue weighted by Crippen LogP contribution is 2.25. The minimum absolute atomic E-state index is 0.0734. The first-order valence-electron chi connectivity index (χ1n) is 7.73. The number of nitro benzene ring substituents is 1. The Hall–Kier alpha value is -2.89. The van der Waals surface area contributed by atoms with Crippen LogP contribution >= 0.6 is 0 Å². The van der Waals surface area contributed by atoms with E-state index < -0.39 is 16.9 Å². The van der Waals surface area contributed by atoms with Gasteiger partial charge in [0, 0.05) is 12.5 Å². The predicted octanol–water partition coefficient (Wildman–Crippen LogP) is 3.49. The number of anilines is 1. The number of nitrogens with zero attached hydrogens (tertiary/aromatic N) is 1. The van der Waals surface area contributed by atoms with Crippen LogP contribution in [0.25, 0.3) is 0 Å². The van der Waals surface area contributed by atoms with Crippen LogP contribution in [0, 0.1) is 17.0 Å². The van der Waals surface area contributed by atoms with Crippen molar-refractivity contribution in [3.05, 3.63) is 69.8 Å². The number of hydrogen-bond acceptors (Lipinski definition) is 5. The maximum Gasteiger partial charge on any atom is 0.328 e. The topological polar surface area (TPSA) is 81.5 Å². The van der Waals surface area contributed by atoms with Crippen LogP contribution < -0.4 is 5.32 Å². The summed E-state index contributed by atoms with van der Waals surface area (Å²) >= 11 is 0. The quantitative estimate of drug-likeness (QED) is 0.478. The normalized spacial score (nSPS) is 11.6. The molecule has 1 atom stereocenters. The highest BCUT2D eigenvalue weighted by atomic mass is 16.6. The van der Waals surface area contributed by atoms with Crippen LogP contribution in [0.15, 0.2) is 48.5 Å². The van der Waals surface area contributed by atoms with E-state index >= 15 is 0 Å². The molecule has 0 aliphatic carbocycles. The van der Waals surface area contributed by atoms with Crippen molar-refractivity contribution in [3.63, 3.8) is 0 Å². The molecule has 1 unspecified atom stereocenters. The molecule has 0 radical (unpaired) electrons. The molecule has 126 valence electrons. The maximum absolute atomic E-state index is 12.2. The number of carbonyl (C=O) groups excluding carboxylic acids is 1. The molecule has 0 aliphatic rings. The Balaban J connectivity index is 2.25. The number of nitrogens with one attached hydrogen (secondary N) is 1. The second kappa shape index (κ2) is 8.10. The van der Waals surface area contributed by atoms with Gasteiger partial charge in [0.2, 0.25) is 0 Å². The number of ether oxygens (including phenoxy) is 1. The number of hydrogen-bond donors (Lipinski definition) is 1. The zero-order valence-electron chi connectivity index (χ0n) is 13.7. The second-order valence-electron chi connectivity index (χ2n) is 5.41. The number of aryl methyl sites for hydroxylation is 1. The van der Waals surface area contributed by atoms with Gasteiger partial charge in [0.1, 0.15) is 11.7 Å². The lowest BCUT2D eigenvalue weighted by Gasteiger charge is -2.18. The summed E-state index contributed by atoms with van der Waals surface area (Å²) in [4.78, 5) is 22.9. The van der Waals surface area contributed by atoms with Crippen LogP contribution in [0.5, 0.6) is 0 Å². The number of rotatable bonds is 7. The molecule has 6 nitrogen and oxygen atoms in total. The molecule has 0 saturated heterocycles. The maximum atomic E-state index is 12.2. The number of benzene rings is 2. The Kier molecular flexibility index (Phi) is 5.89. The summed E-state index contributed by atoms with van der Waals surface area (Å²) < 4.78 is 5.10. The Morgan fingerprint density at radius 3 is 2.50 bits per heavy atom. The summed E-state index contributed by atoms with van der Waals surface area (Å²) in [7, 11) is 0. The SMILES string of the molecule is CCOC(=O)C(Cc1ccc(C)cc1)Nc1ccccc1[N+](=O)[O-]. The van der Waals surface area contributed by atoms with E-state index in [-0.39, 0.29) is 12.3 Å². The van der Waals surface area contributed by atoms with Gasteiger partial charge in [0.25, 0.3) is 5.69 Å². The van der Waals surface area contributed by atoms with Gasteiger partial charge < -0.3 is 10.1 Å². The highest BCUT2D eigenvalue weighted by molar-refractivity contribution is 5.81. The van der Waals surface area contributed by atoms with Crippen molar-refractivity contribution >= 4 is 17.3 Å². The Morgan fingerprint density at radius 2 is 1.88 bits per heavy atom. The lowest BCUT2D eigenvalue weighted by molar-refractivity contribution is -0.384. The molecule has 0 fully saturated rings. The third-order valence-corrected chi connectivity index (χ3v) is 3.56. The van der Waals surface area contributed by atoms with Crippen molar-refractivity contribution in [2.75, 3.05) is 11.9 Å². The third-order valence-electron chi connectivity index (χ3n) is 3.56. The van der Waals surface area contributed by atoms with Crippen LogP contribution in [0.1, 0.15) is 18.1 Å². The van der Waals surface area contributed by atoms with Gasteiger partial charge in [-0.1, -0.05) is 42.0 Å². The molecule has 0 saturated carbocycles. The number of carbonyl (C=O) groups is 1.